The van der Waals surface area contributed by atoms with Gasteiger partial charge in [-0.25, -0.2) is 12.8 Å². The molecular formula is C25H21FN2O6S. The number of halogens is 1. The summed E-state index contributed by atoms with van der Waals surface area (Å²) in [5.41, 5.74) is 1.14. The first-order valence-electron chi connectivity index (χ1n) is 10.3. The Balaban J connectivity index is 1.55. The van der Waals surface area contributed by atoms with E-state index in [0.29, 0.717) is 22.8 Å². The molecule has 0 aliphatic carbocycles. The van der Waals surface area contributed by atoms with Gasteiger partial charge in [0.1, 0.15) is 28.0 Å². The van der Waals surface area contributed by atoms with Gasteiger partial charge < -0.3 is 19.2 Å². The molecule has 0 bridgehead atoms. The van der Waals surface area contributed by atoms with Crippen molar-refractivity contribution in [3.05, 3.63) is 90.4 Å². The van der Waals surface area contributed by atoms with Crippen LogP contribution >= 0.6 is 0 Å². The average Bonchev–Trinajstić information content (AvgIpc) is 3.35. The first-order chi connectivity index (χ1) is 16.8. The van der Waals surface area contributed by atoms with Crippen LogP contribution in [0.5, 0.6) is 11.5 Å². The Morgan fingerprint density at radius 3 is 2.20 bits per heavy atom. The van der Waals surface area contributed by atoms with Crippen LogP contribution in [0, 0.1) is 5.82 Å². The second-order valence-electron chi connectivity index (χ2n) is 7.32. The molecule has 0 saturated carbocycles. The number of rotatable bonds is 8. The average molecular weight is 497 g/mol. The molecule has 0 saturated heterocycles. The minimum atomic E-state index is -4.06. The molecule has 4 aromatic rings. The predicted molar refractivity (Wildman–Crippen MR) is 129 cm³/mol. The molecule has 8 nitrogen and oxygen atoms in total. The molecule has 0 unspecified atom stereocenters. The number of methoxy groups -OCH3 is 2. The fourth-order valence-electron chi connectivity index (χ4n) is 3.26. The highest BCUT2D eigenvalue weighted by Gasteiger charge is 2.22. The van der Waals surface area contributed by atoms with Crippen molar-refractivity contribution in [1.82, 2.24) is 0 Å². The van der Waals surface area contributed by atoms with Crippen molar-refractivity contribution in [3.8, 4) is 22.8 Å². The van der Waals surface area contributed by atoms with Crippen LogP contribution in [0.1, 0.15) is 10.6 Å². The Bertz CT molecular complexity index is 1450. The Morgan fingerprint density at radius 1 is 0.857 bits per heavy atom. The Kier molecular flexibility index (Phi) is 6.74. The third-order valence-electron chi connectivity index (χ3n) is 5.01. The zero-order valence-corrected chi connectivity index (χ0v) is 19.6. The first-order valence-corrected chi connectivity index (χ1v) is 11.8. The maximum absolute atomic E-state index is 13.1. The van der Waals surface area contributed by atoms with Crippen LogP contribution < -0.4 is 19.5 Å². The number of carbonyl (C=O) groups is 1. The maximum atomic E-state index is 13.1. The summed E-state index contributed by atoms with van der Waals surface area (Å²) in [6, 6.07) is 19.3. The van der Waals surface area contributed by atoms with Crippen molar-refractivity contribution in [2.24, 2.45) is 0 Å². The molecule has 0 aliphatic heterocycles. The standard InChI is InChI=1S/C25H21FN2O6S/c1-32-20-10-7-18(8-11-20)28-35(30,31)24-15-19(9-12-22(24)33-2)27-25(29)23-14-13-21(34-23)16-3-5-17(26)6-4-16/h3-15,28H,1-2H3,(H,27,29). The lowest BCUT2D eigenvalue weighted by atomic mass is 10.2. The van der Waals surface area contributed by atoms with Gasteiger partial charge in [0.15, 0.2) is 5.76 Å². The third-order valence-corrected chi connectivity index (χ3v) is 6.41. The van der Waals surface area contributed by atoms with E-state index in [1.54, 1.807) is 30.3 Å². The maximum Gasteiger partial charge on any atom is 0.291 e. The molecule has 2 N–H and O–H groups in total. The monoisotopic (exact) mass is 496 g/mol. The van der Waals surface area contributed by atoms with Crippen LogP contribution in [0.25, 0.3) is 11.3 Å². The van der Waals surface area contributed by atoms with Crippen LogP contribution in [0.2, 0.25) is 0 Å². The molecule has 0 fully saturated rings. The van der Waals surface area contributed by atoms with Crippen molar-refractivity contribution in [2.75, 3.05) is 24.3 Å². The quantitative estimate of drug-likeness (QED) is 0.349. The number of sulfonamides is 1. The SMILES string of the molecule is COc1ccc(NS(=O)(=O)c2cc(NC(=O)c3ccc(-c4ccc(F)cc4)o3)ccc2OC)cc1. The number of benzene rings is 3. The lowest BCUT2D eigenvalue weighted by Gasteiger charge is -2.14. The van der Waals surface area contributed by atoms with Crippen LogP contribution in [-0.4, -0.2) is 28.5 Å². The Labute approximate surface area is 201 Å². The number of hydrogen-bond donors (Lipinski definition) is 2. The Hall–Kier alpha value is -4.31. The third kappa shape index (κ3) is 5.44. The van der Waals surface area contributed by atoms with Gasteiger partial charge >= 0.3 is 0 Å². The minimum Gasteiger partial charge on any atom is -0.497 e. The van der Waals surface area contributed by atoms with Crippen molar-refractivity contribution in [1.29, 1.82) is 0 Å². The normalized spacial score (nSPS) is 11.1. The largest absolute Gasteiger partial charge is 0.497 e. The molecule has 0 radical (unpaired) electrons. The topological polar surface area (TPSA) is 107 Å². The minimum absolute atomic E-state index is 0.000841. The molecule has 3 aromatic carbocycles. The van der Waals surface area contributed by atoms with E-state index in [2.05, 4.69) is 10.0 Å². The smallest absolute Gasteiger partial charge is 0.291 e. The van der Waals surface area contributed by atoms with Crippen molar-refractivity contribution >= 4 is 27.3 Å². The zero-order valence-electron chi connectivity index (χ0n) is 18.7. The fraction of sp³-hybridized carbons (Fsp3) is 0.0800. The number of carbonyl (C=O) groups excluding carboxylic acids is 1. The van der Waals surface area contributed by atoms with Crippen LogP contribution in [0.3, 0.4) is 0 Å². The van der Waals surface area contributed by atoms with Crippen LogP contribution in [0.15, 0.2) is 88.2 Å². The molecule has 4 rings (SSSR count). The van der Waals surface area contributed by atoms with Gasteiger partial charge in [0.25, 0.3) is 15.9 Å². The van der Waals surface area contributed by atoms with E-state index in [0.717, 1.165) is 0 Å². The number of ether oxygens (including phenoxy) is 2. The van der Waals surface area contributed by atoms with Crippen molar-refractivity contribution in [2.45, 2.75) is 4.90 Å². The number of nitrogens with one attached hydrogen (secondary N) is 2. The second-order valence-corrected chi connectivity index (χ2v) is 8.98. The highest BCUT2D eigenvalue weighted by molar-refractivity contribution is 7.92. The van der Waals surface area contributed by atoms with E-state index >= 15 is 0 Å². The number of amides is 1. The highest BCUT2D eigenvalue weighted by Crippen LogP contribution is 2.30. The van der Waals surface area contributed by atoms with Gasteiger partial charge in [0.2, 0.25) is 0 Å². The summed E-state index contributed by atoms with van der Waals surface area (Å²) in [7, 11) is -1.20. The summed E-state index contributed by atoms with van der Waals surface area (Å²) < 4.78 is 57.6. The van der Waals surface area contributed by atoms with E-state index < -0.39 is 15.9 Å². The summed E-state index contributed by atoms with van der Waals surface area (Å²) in [6.07, 6.45) is 0. The molecule has 180 valence electrons. The summed E-state index contributed by atoms with van der Waals surface area (Å²) in [4.78, 5) is 12.5. The van der Waals surface area contributed by atoms with E-state index in [4.69, 9.17) is 13.9 Å². The van der Waals surface area contributed by atoms with E-state index in [-0.39, 0.29) is 27.9 Å². The molecule has 0 atom stereocenters. The van der Waals surface area contributed by atoms with E-state index in [1.807, 2.05) is 0 Å². The van der Waals surface area contributed by atoms with Gasteiger partial charge in [-0.1, -0.05) is 0 Å². The van der Waals surface area contributed by atoms with Gasteiger partial charge in [0, 0.05) is 16.9 Å². The number of hydrogen-bond acceptors (Lipinski definition) is 6. The Morgan fingerprint density at radius 2 is 1.54 bits per heavy atom. The lowest BCUT2D eigenvalue weighted by molar-refractivity contribution is 0.0997. The van der Waals surface area contributed by atoms with Gasteiger partial charge in [-0.15, -0.1) is 0 Å². The molecule has 0 aliphatic rings. The highest BCUT2D eigenvalue weighted by atomic mass is 32.2. The molecule has 1 amide bonds. The van der Waals surface area contributed by atoms with Crippen LogP contribution in [-0.2, 0) is 10.0 Å². The summed E-state index contributed by atoms with van der Waals surface area (Å²) in [5, 5.41) is 2.62. The molecule has 1 heterocycles. The second kappa shape index (κ2) is 9.90. The molecule has 10 heteroatoms. The van der Waals surface area contributed by atoms with Gasteiger partial charge in [-0.2, -0.15) is 0 Å². The van der Waals surface area contributed by atoms with Crippen molar-refractivity contribution < 1.29 is 31.5 Å². The van der Waals surface area contributed by atoms with E-state index in [9.17, 15) is 17.6 Å². The fourth-order valence-corrected chi connectivity index (χ4v) is 4.51. The zero-order chi connectivity index (χ0) is 25.0. The number of furan rings is 1. The van der Waals surface area contributed by atoms with Crippen LogP contribution in [0.4, 0.5) is 15.8 Å². The summed E-state index contributed by atoms with van der Waals surface area (Å²) in [5.74, 6) is 0.0918. The van der Waals surface area contributed by atoms with Gasteiger partial charge in [-0.3, -0.25) is 9.52 Å². The molecule has 0 spiro atoms. The first kappa shape index (κ1) is 23.8. The van der Waals surface area contributed by atoms with Gasteiger partial charge in [0.05, 0.1) is 14.2 Å². The van der Waals surface area contributed by atoms with Crippen molar-refractivity contribution in [3.63, 3.8) is 0 Å². The van der Waals surface area contributed by atoms with Gasteiger partial charge in [-0.05, 0) is 78.9 Å². The number of anilines is 2. The predicted octanol–water partition coefficient (Wildman–Crippen LogP) is 5.16. The molecule has 1 aromatic heterocycles. The van der Waals surface area contributed by atoms with E-state index in [1.165, 1.54) is 62.8 Å². The summed E-state index contributed by atoms with van der Waals surface area (Å²) in [6.45, 7) is 0. The molecular weight excluding hydrogens is 475 g/mol. The lowest BCUT2D eigenvalue weighted by Crippen LogP contribution is -2.16. The molecule has 35 heavy (non-hydrogen) atoms. The summed E-state index contributed by atoms with van der Waals surface area (Å²) >= 11 is 0.